The molecule has 0 unspecified atom stereocenters. The van der Waals surface area contributed by atoms with Crippen LogP contribution in [0.5, 0.6) is 0 Å². The van der Waals surface area contributed by atoms with E-state index in [1.54, 1.807) is 0 Å². The summed E-state index contributed by atoms with van der Waals surface area (Å²) in [5, 5.41) is 3.32. The summed E-state index contributed by atoms with van der Waals surface area (Å²) in [6.07, 6.45) is 0. The van der Waals surface area contributed by atoms with Crippen molar-refractivity contribution in [1.29, 1.82) is 0 Å². The van der Waals surface area contributed by atoms with E-state index in [1.165, 1.54) is 0 Å². The zero-order valence-corrected chi connectivity index (χ0v) is 10.8. The highest BCUT2D eigenvalue weighted by molar-refractivity contribution is 5.85. The lowest BCUT2D eigenvalue weighted by atomic mass is 10.7. The number of hydrogen-bond donors (Lipinski definition) is 1. The highest BCUT2D eigenvalue weighted by Crippen LogP contribution is 1.82. The molecule has 0 aromatic rings. The van der Waals surface area contributed by atoms with Crippen LogP contribution in [0.2, 0.25) is 0 Å². The third-order valence-electron chi connectivity index (χ3n) is 1.52. The lowest BCUT2D eigenvalue weighted by Gasteiger charge is -2.05. The first-order chi connectivity index (χ1) is 8.41. The van der Waals surface area contributed by atoms with Crippen LogP contribution in [0.3, 0.4) is 0 Å². The predicted molar refractivity (Wildman–Crippen MR) is 64.9 cm³/mol. The third kappa shape index (κ3) is 17.7. The van der Waals surface area contributed by atoms with Crippen LogP contribution in [0, 0.1) is 0 Å². The molecule has 10 heteroatoms. The van der Waals surface area contributed by atoms with Gasteiger partial charge in [0.05, 0.1) is 39.6 Å². The molecule has 9 nitrogen and oxygen atoms in total. The third-order valence-corrected chi connectivity index (χ3v) is 1.52. The number of nitrogens with zero attached hydrogens (tertiary/aromatic N) is 3. The second kappa shape index (κ2) is 18.7. The summed E-state index contributed by atoms with van der Waals surface area (Å²) < 4.78 is 15.4. The normalized spacial score (nSPS) is 9.61. The van der Waals surface area contributed by atoms with E-state index < -0.39 is 0 Å². The van der Waals surface area contributed by atoms with Gasteiger partial charge in [0.2, 0.25) is 0 Å². The van der Waals surface area contributed by atoms with Crippen LogP contribution >= 0.6 is 12.4 Å². The molecule has 0 radical (unpaired) electrons. The molecule has 108 valence electrons. The van der Waals surface area contributed by atoms with Gasteiger partial charge in [-0.1, -0.05) is 5.11 Å². The van der Waals surface area contributed by atoms with E-state index in [-0.39, 0.29) is 19.0 Å². The van der Waals surface area contributed by atoms with Gasteiger partial charge in [-0.2, -0.15) is 5.90 Å². The fraction of sp³-hybridized carbons (Fsp3) is 1.00. The number of ether oxygens (including phenoxy) is 3. The minimum atomic E-state index is 0. The Morgan fingerprint density at radius 3 is 1.89 bits per heavy atom. The van der Waals surface area contributed by atoms with E-state index >= 15 is 0 Å². The van der Waals surface area contributed by atoms with Gasteiger partial charge in [0.25, 0.3) is 0 Å². The largest absolute Gasteiger partial charge is 0.379 e. The highest BCUT2D eigenvalue weighted by atomic mass is 35.5. The van der Waals surface area contributed by atoms with Gasteiger partial charge in [-0.3, -0.25) is 0 Å². The maximum Gasteiger partial charge on any atom is 0.108 e. The second-order valence-corrected chi connectivity index (χ2v) is 2.71. The van der Waals surface area contributed by atoms with Crippen molar-refractivity contribution in [2.75, 3.05) is 52.8 Å². The first-order valence-corrected chi connectivity index (χ1v) is 5.14. The number of azide groups is 1. The lowest BCUT2D eigenvalue weighted by Crippen LogP contribution is -2.13. The molecule has 2 N–H and O–H groups in total. The fourth-order valence-electron chi connectivity index (χ4n) is 0.833. The molecule has 0 aliphatic rings. The molecule has 0 aromatic carbocycles. The van der Waals surface area contributed by atoms with E-state index in [1.807, 2.05) is 0 Å². The topological polar surface area (TPSA) is 121 Å². The van der Waals surface area contributed by atoms with E-state index in [0.717, 1.165) is 0 Å². The van der Waals surface area contributed by atoms with Gasteiger partial charge in [0, 0.05) is 11.5 Å². The molecule has 0 heterocycles. The van der Waals surface area contributed by atoms with Crippen molar-refractivity contribution < 1.29 is 24.1 Å². The number of hydrogen-bond acceptors (Lipinski definition) is 7. The molecule has 0 aliphatic carbocycles. The number of rotatable bonds is 13. The van der Waals surface area contributed by atoms with Crippen LogP contribution in [0.15, 0.2) is 5.11 Å². The molecular weight excluding hydrogens is 268 g/mol. The Bertz CT molecular complexity index is 206. The first kappa shape index (κ1) is 19.7. The van der Waals surface area contributed by atoms with Crippen LogP contribution in [0.1, 0.15) is 0 Å². The van der Waals surface area contributed by atoms with Gasteiger partial charge >= 0.3 is 0 Å². The molecular formula is C8H19ClN4O5. The van der Waals surface area contributed by atoms with Crippen LogP contribution in [-0.2, 0) is 24.1 Å². The molecule has 0 aliphatic heterocycles. The molecule has 0 spiro atoms. The van der Waals surface area contributed by atoms with Crippen LogP contribution in [0.25, 0.3) is 10.4 Å². The first-order valence-electron chi connectivity index (χ1n) is 5.14. The van der Waals surface area contributed by atoms with E-state index in [0.29, 0.717) is 46.2 Å². The van der Waals surface area contributed by atoms with Gasteiger partial charge in [0.1, 0.15) is 6.61 Å². The Morgan fingerprint density at radius 2 is 1.39 bits per heavy atom. The molecule has 0 fully saturated rings. The molecule has 0 bridgehead atoms. The summed E-state index contributed by atoms with van der Waals surface area (Å²) in [4.78, 5) is 10.9. The highest BCUT2D eigenvalue weighted by Gasteiger charge is 1.91. The number of nitrogens with two attached hydrogens (primary N) is 1. The Hall–Kier alpha value is -0.640. The quantitative estimate of drug-likeness (QED) is 0.132. The van der Waals surface area contributed by atoms with Crippen molar-refractivity contribution in [3.8, 4) is 0 Å². The summed E-state index contributed by atoms with van der Waals surface area (Å²) in [6.45, 7) is 3.29. The van der Waals surface area contributed by atoms with Gasteiger partial charge in [0.15, 0.2) is 0 Å². The van der Waals surface area contributed by atoms with Crippen molar-refractivity contribution in [3.63, 3.8) is 0 Å². The van der Waals surface area contributed by atoms with Crippen molar-refractivity contribution in [2.24, 2.45) is 11.0 Å². The summed E-state index contributed by atoms with van der Waals surface area (Å²) in [5.41, 5.74) is 7.98. The average molecular weight is 287 g/mol. The zero-order chi connectivity index (χ0) is 12.6. The van der Waals surface area contributed by atoms with E-state index in [2.05, 4.69) is 25.8 Å². The summed E-state index contributed by atoms with van der Waals surface area (Å²) >= 11 is 0. The number of halogens is 1. The second-order valence-electron chi connectivity index (χ2n) is 2.71. The van der Waals surface area contributed by atoms with Gasteiger partial charge in [-0.15, -0.1) is 17.4 Å². The van der Waals surface area contributed by atoms with Crippen molar-refractivity contribution in [3.05, 3.63) is 10.4 Å². The summed E-state index contributed by atoms with van der Waals surface area (Å²) in [7, 11) is 0. The lowest BCUT2D eigenvalue weighted by molar-refractivity contribution is -0.304. The van der Waals surface area contributed by atoms with Crippen LogP contribution in [0.4, 0.5) is 0 Å². The van der Waals surface area contributed by atoms with Crippen molar-refractivity contribution in [1.82, 2.24) is 0 Å². The summed E-state index contributed by atoms with van der Waals surface area (Å²) in [5.74, 6) is 4.63. The van der Waals surface area contributed by atoms with Gasteiger partial charge < -0.3 is 14.2 Å². The maximum absolute atomic E-state index is 7.98. The Balaban J connectivity index is 0. The van der Waals surface area contributed by atoms with Gasteiger partial charge in [-0.25, -0.2) is 4.89 Å². The molecule has 0 amide bonds. The fourth-order valence-corrected chi connectivity index (χ4v) is 0.833. The molecule has 18 heavy (non-hydrogen) atoms. The molecule has 0 rings (SSSR count). The van der Waals surface area contributed by atoms with Gasteiger partial charge in [-0.05, 0) is 5.53 Å². The molecule has 0 atom stereocenters. The Kier molecular flexibility index (Phi) is 20.5. The Morgan fingerprint density at radius 1 is 0.889 bits per heavy atom. The molecule has 0 aromatic heterocycles. The minimum Gasteiger partial charge on any atom is -0.379 e. The molecule has 0 saturated carbocycles. The smallest absolute Gasteiger partial charge is 0.108 e. The zero-order valence-electron chi connectivity index (χ0n) is 10.0. The SMILES string of the molecule is Cl.[N-]=[N+]=NCCOCCOCCOCCOON. The van der Waals surface area contributed by atoms with Crippen molar-refractivity contribution >= 4 is 12.4 Å². The van der Waals surface area contributed by atoms with Crippen LogP contribution < -0.4 is 5.90 Å². The van der Waals surface area contributed by atoms with Crippen LogP contribution in [-0.4, -0.2) is 52.8 Å². The van der Waals surface area contributed by atoms with E-state index in [9.17, 15) is 0 Å². The van der Waals surface area contributed by atoms with E-state index in [4.69, 9.17) is 19.7 Å². The standard InChI is InChI=1S/C8H18N4O5.ClH/c9-12-11-1-2-13-3-4-14-5-6-15-7-8-16-17-10;/h1-8,10H2;1H. The monoisotopic (exact) mass is 286 g/mol. The summed E-state index contributed by atoms with van der Waals surface area (Å²) in [6, 6.07) is 0. The average Bonchev–Trinajstić information content (AvgIpc) is 2.35. The maximum atomic E-state index is 7.98. The van der Waals surface area contributed by atoms with Crippen molar-refractivity contribution in [2.45, 2.75) is 0 Å². The Labute approximate surface area is 111 Å². The minimum absolute atomic E-state index is 0. The molecule has 0 saturated heterocycles. The predicted octanol–water partition coefficient (Wildman–Crippen LogP) is 0.590.